The Kier molecular flexibility index (Phi) is 10.7. The molecule has 0 saturated heterocycles. The maximum atomic E-state index is 6.74. The summed E-state index contributed by atoms with van der Waals surface area (Å²) in [4.78, 5) is 5.33. The molecule has 0 atom stereocenters. The van der Waals surface area contributed by atoms with Gasteiger partial charge in [0.05, 0.1) is 22.4 Å². The maximum Gasteiger partial charge on any atom is 0.252 e. The van der Waals surface area contributed by atoms with Gasteiger partial charge in [0.15, 0.2) is 0 Å². The van der Waals surface area contributed by atoms with Crippen molar-refractivity contribution in [3.63, 3.8) is 0 Å². The highest BCUT2D eigenvalue weighted by molar-refractivity contribution is 7.00. The number of hydrogen-bond acceptors (Lipinski definition) is 4. The molecule has 378 valence electrons. The molecule has 0 unspecified atom stereocenters. The van der Waals surface area contributed by atoms with Crippen molar-refractivity contribution in [3.8, 4) is 16.8 Å². The number of anilines is 6. The smallest absolute Gasteiger partial charge is 0.252 e. The summed E-state index contributed by atoms with van der Waals surface area (Å²) in [6.07, 6.45) is 6.09. The van der Waals surface area contributed by atoms with Gasteiger partial charge in [-0.2, -0.15) is 0 Å². The van der Waals surface area contributed by atoms with E-state index < -0.39 is 0 Å². The van der Waals surface area contributed by atoms with Gasteiger partial charge in [0.25, 0.3) is 6.71 Å². The molecule has 78 heavy (non-hydrogen) atoms. The summed E-state index contributed by atoms with van der Waals surface area (Å²) in [6.45, 7) is 11.6. The molecule has 0 amide bonds. The first-order chi connectivity index (χ1) is 38.3. The monoisotopic (exact) mass is 1010 g/mol. The minimum Gasteiger partial charge on any atom is -0.456 e. The van der Waals surface area contributed by atoms with Crippen LogP contribution in [0.5, 0.6) is 0 Å². The number of benzene rings is 10. The number of aryl methyl sites for hydroxylation is 2. The summed E-state index contributed by atoms with van der Waals surface area (Å²) in [5, 5.41) is 7.26. The van der Waals surface area contributed by atoms with Crippen LogP contribution < -0.4 is 26.2 Å². The molecular weight excluding hydrogens is 950 g/mol. The van der Waals surface area contributed by atoms with Gasteiger partial charge in [-0.25, -0.2) is 0 Å². The summed E-state index contributed by atoms with van der Waals surface area (Å²) >= 11 is 0. The van der Waals surface area contributed by atoms with Crippen molar-refractivity contribution in [2.45, 2.75) is 78.6 Å². The van der Waals surface area contributed by atoms with Gasteiger partial charge < -0.3 is 23.2 Å². The summed E-state index contributed by atoms with van der Waals surface area (Å²) in [5.41, 5.74) is 24.5. The summed E-state index contributed by atoms with van der Waals surface area (Å²) in [6, 6.07) is 74.9. The van der Waals surface area contributed by atoms with Crippen LogP contribution in [0.15, 0.2) is 209 Å². The number of fused-ring (bicyclic) bond motifs is 13. The average molecular weight is 1010 g/mol. The van der Waals surface area contributed by atoms with Gasteiger partial charge in [0.1, 0.15) is 22.3 Å². The largest absolute Gasteiger partial charge is 0.456 e. The molecule has 5 heterocycles. The molecule has 0 radical (unpaired) electrons. The third-order valence-corrected chi connectivity index (χ3v) is 17.2. The Morgan fingerprint density at radius 1 is 0.410 bits per heavy atom. The van der Waals surface area contributed by atoms with E-state index in [0.29, 0.717) is 0 Å². The molecule has 5 nitrogen and oxygen atoms in total. The van der Waals surface area contributed by atoms with Crippen molar-refractivity contribution in [3.05, 3.63) is 217 Å². The molecule has 10 aromatic carbocycles. The molecule has 0 fully saturated rings. The van der Waals surface area contributed by atoms with Crippen molar-refractivity contribution in [1.29, 1.82) is 0 Å². The number of hydrogen-bond donors (Lipinski definition) is 0. The minimum atomic E-state index is -0.202. The van der Waals surface area contributed by atoms with Crippen molar-refractivity contribution in [1.82, 2.24) is 4.57 Å². The fourth-order valence-corrected chi connectivity index (χ4v) is 13.5. The van der Waals surface area contributed by atoms with E-state index in [2.05, 4.69) is 249 Å². The zero-order valence-electron chi connectivity index (χ0n) is 45.0. The van der Waals surface area contributed by atoms with Crippen molar-refractivity contribution in [2.75, 3.05) is 9.80 Å². The van der Waals surface area contributed by atoms with Crippen molar-refractivity contribution < 1.29 is 8.83 Å². The van der Waals surface area contributed by atoms with E-state index in [0.717, 1.165) is 71.9 Å². The van der Waals surface area contributed by atoms with Gasteiger partial charge in [-0.1, -0.05) is 169 Å². The molecule has 0 N–H and O–H groups in total. The first-order valence-electron chi connectivity index (χ1n) is 28.2. The summed E-state index contributed by atoms with van der Waals surface area (Å²) in [5.74, 6) is 0. The Morgan fingerprint density at radius 2 is 0.923 bits per heavy atom. The van der Waals surface area contributed by atoms with Crippen LogP contribution in [0.1, 0.15) is 77.0 Å². The van der Waals surface area contributed by atoms with Crippen LogP contribution in [-0.4, -0.2) is 11.3 Å². The number of rotatable bonds is 10. The SMILES string of the molecule is CCCCc1c(N2c3ccc(-c4ccccc4)cc3B3c4ccc(-n5c6ccccc6c6ccccc65)cc4N(c4ccc5oc6ccccc6c5c4CCCC)c4cc(C(C)(C)C)cc2c43)ccc2oc3ccccc3c12. The highest BCUT2D eigenvalue weighted by Gasteiger charge is 2.45. The van der Waals surface area contributed by atoms with Crippen LogP contribution in [0, 0.1) is 0 Å². The Labute approximate surface area is 456 Å². The molecule has 2 aliphatic rings. The molecule has 6 heteroatoms. The normalized spacial score (nSPS) is 13.2. The van der Waals surface area contributed by atoms with E-state index >= 15 is 0 Å². The van der Waals surface area contributed by atoms with Gasteiger partial charge in [-0.15, -0.1) is 0 Å². The number of furan rings is 2. The standard InChI is InChI=1S/C72H60BN3O2/c1-6-8-23-51-59(37-39-67-69(51)53-27-15-19-31-65(53)77-67)75-61-36-33-46(45-21-11-10-12-22-45)41-56(61)73-55-35-34-48(74-57-29-17-13-25-49(57)50-26-14-18-30-58(50)74)44-62(55)76(64-43-47(72(3,4)5)42-63(75)71(64)73)60-38-40-68-70(52(60)24-9-7-2)54-28-16-20-32-66(54)78-68/h10-22,25-44H,6-9,23-24H2,1-5H3. The number of unbranched alkanes of at least 4 members (excludes halogenated alkanes) is 2. The molecule has 13 aromatic rings. The van der Waals surface area contributed by atoms with Crippen LogP contribution in [0.2, 0.25) is 0 Å². The molecule has 0 bridgehead atoms. The van der Waals surface area contributed by atoms with Gasteiger partial charge >= 0.3 is 0 Å². The fraction of sp³-hybridized carbons (Fsp3) is 0.167. The maximum absolute atomic E-state index is 6.74. The lowest BCUT2D eigenvalue weighted by Gasteiger charge is -2.46. The van der Waals surface area contributed by atoms with Gasteiger partial charge in [-0.3, -0.25) is 0 Å². The summed E-state index contributed by atoms with van der Waals surface area (Å²) < 4.78 is 15.9. The van der Waals surface area contributed by atoms with E-state index in [1.54, 1.807) is 0 Å². The second-order valence-electron chi connectivity index (χ2n) is 22.8. The molecule has 0 spiro atoms. The van der Waals surface area contributed by atoms with Gasteiger partial charge in [0.2, 0.25) is 0 Å². The van der Waals surface area contributed by atoms with Crippen LogP contribution in [0.4, 0.5) is 34.1 Å². The fourth-order valence-electron chi connectivity index (χ4n) is 13.5. The predicted octanol–water partition coefficient (Wildman–Crippen LogP) is 18.3. The van der Waals surface area contributed by atoms with Crippen molar-refractivity contribution >= 4 is 123 Å². The highest BCUT2D eigenvalue weighted by Crippen LogP contribution is 2.51. The number of para-hydroxylation sites is 4. The quantitative estimate of drug-likeness (QED) is 0.128. The second-order valence-corrected chi connectivity index (χ2v) is 22.8. The lowest BCUT2D eigenvalue weighted by Crippen LogP contribution is -2.61. The molecule has 0 saturated carbocycles. The zero-order chi connectivity index (χ0) is 52.4. The number of nitrogens with zero attached hydrogens (tertiary/aromatic N) is 3. The van der Waals surface area contributed by atoms with E-state index in [4.69, 9.17) is 8.83 Å². The minimum absolute atomic E-state index is 0.104. The molecule has 2 aliphatic heterocycles. The van der Waals surface area contributed by atoms with Crippen LogP contribution in [0.25, 0.3) is 82.5 Å². The third-order valence-electron chi connectivity index (χ3n) is 17.2. The highest BCUT2D eigenvalue weighted by atomic mass is 16.3. The number of aromatic nitrogens is 1. The topological polar surface area (TPSA) is 37.7 Å². The lowest BCUT2D eigenvalue weighted by atomic mass is 9.33. The van der Waals surface area contributed by atoms with E-state index in [1.807, 2.05) is 0 Å². The van der Waals surface area contributed by atoms with Crippen LogP contribution >= 0.6 is 0 Å². The molecular formula is C72H60BN3O2. The molecule has 3 aromatic heterocycles. The van der Waals surface area contributed by atoms with E-state index in [9.17, 15) is 0 Å². The molecule has 0 aliphatic carbocycles. The first-order valence-corrected chi connectivity index (χ1v) is 28.2. The zero-order valence-corrected chi connectivity index (χ0v) is 45.0. The Balaban J connectivity index is 1.09. The Morgan fingerprint density at radius 3 is 1.49 bits per heavy atom. The predicted molar refractivity (Wildman–Crippen MR) is 331 cm³/mol. The Hall–Kier alpha value is -8.74. The van der Waals surface area contributed by atoms with E-state index in [-0.39, 0.29) is 12.1 Å². The first kappa shape index (κ1) is 46.6. The average Bonchev–Trinajstić information content (AvgIpc) is 3.01. The lowest BCUT2D eigenvalue weighted by molar-refractivity contribution is 0.590. The Bertz CT molecular complexity index is 4500. The summed E-state index contributed by atoms with van der Waals surface area (Å²) in [7, 11) is 0. The van der Waals surface area contributed by atoms with E-state index in [1.165, 1.54) is 116 Å². The van der Waals surface area contributed by atoms with Gasteiger partial charge in [0, 0.05) is 60.8 Å². The molecule has 15 rings (SSSR count). The van der Waals surface area contributed by atoms with Crippen LogP contribution in [-0.2, 0) is 18.3 Å². The third kappa shape index (κ3) is 7.01. The van der Waals surface area contributed by atoms with Crippen LogP contribution in [0.3, 0.4) is 0 Å². The van der Waals surface area contributed by atoms with Gasteiger partial charge in [-0.05, 0) is 154 Å². The second kappa shape index (κ2) is 17.9. The van der Waals surface area contributed by atoms with Crippen molar-refractivity contribution in [2.24, 2.45) is 0 Å².